The highest BCUT2D eigenvalue weighted by atomic mass is 35.5. The number of nitrogens with one attached hydrogen (secondary N) is 1. The highest BCUT2D eigenvalue weighted by Gasteiger charge is 2.16. The van der Waals surface area contributed by atoms with Gasteiger partial charge in [-0.25, -0.2) is 4.99 Å². The maximum absolute atomic E-state index is 6.06. The first-order valence-corrected chi connectivity index (χ1v) is 8.33. The first kappa shape index (κ1) is 17.6. The van der Waals surface area contributed by atoms with Gasteiger partial charge >= 0.3 is 0 Å². The molecule has 1 saturated heterocycles. The van der Waals surface area contributed by atoms with Crippen LogP contribution in [0.2, 0.25) is 5.02 Å². The lowest BCUT2D eigenvalue weighted by Gasteiger charge is -2.36. The van der Waals surface area contributed by atoms with Gasteiger partial charge in [0.05, 0.1) is 6.54 Å². The van der Waals surface area contributed by atoms with Crippen molar-refractivity contribution in [3.8, 4) is 0 Å². The number of guanidine groups is 1. The van der Waals surface area contributed by atoms with Gasteiger partial charge in [-0.1, -0.05) is 29.8 Å². The SMILES string of the molecule is C=C(C)CN=C(N)NCCN1CCN(c2cccc(Cl)c2)CC1. The van der Waals surface area contributed by atoms with Gasteiger partial charge in [0.25, 0.3) is 0 Å². The Bertz CT molecular complexity index is 550. The quantitative estimate of drug-likeness (QED) is 0.474. The van der Waals surface area contributed by atoms with Crippen LogP contribution >= 0.6 is 11.6 Å². The molecule has 0 radical (unpaired) electrons. The van der Waals surface area contributed by atoms with Crippen molar-refractivity contribution in [1.29, 1.82) is 0 Å². The summed E-state index contributed by atoms with van der Waals surface area (Å²) in [4.78, 5) is 9.01. The molecule has 1 aliphatic heterocycles. The Morgan fingerprint density at radius 1 is 1.35 bits per heavy atom. The smallest absolute Gasteiger partial charge is 0.188 e. The van der Waals surface area contributed by atoms with E-state index in [0.29, 0.717) is 12.5 Å². The van der Waals surface area contributed by atoms with E-state index >= 15 is 0 Å². The molecule has 6 heteroatoms. The molecular weight excluding hydrogens is 310 g/mol. The van der Waals surface area contributed by atoms with Gasteiger partial charge in [-0.15, -0.1) is 0 Å². The number of hydrogen-bond donors (Lipinski definition) is 2. The second-order valence-electron chi connectivity index (χ2n) is 5.89. The average molecular weight is 336 g/mol. The molecule has 1 heterocycles. The van der Waals surface area contributed by atoms with E-state index in [1.54, 1.807) is 0 Å². The lowest BCUT2D eigenvalue weighted by atomic mass is 10.2. The predicted molar refractivity (Wildman–Crippen MR) is 99.4 cm³/mol. The molecule has 0 saturated carbocycles. The van der Waals surface area contributed by atoms with E-state index < -0.39 is 0 Å². The molecule has 1 aromatic carbocycles. The number of anilines is 1. The van der Waals surface area contributed by atoms with Crippen LogP contribution in [-0.4, -0.2) is 56.7 Å². The summed E-state index contributed by atoms with van der Waals surface area (Å²) >= 11 is 6.06. The zero-order valence-electron chi connectivity index (χ0n) is 13.8. The van der Waals surface area contributed by atoms with Gasteiger partial charge < -0.3 is 16.0 Å². The number of halogens is 1. The third-order valence-corrected chi connectivity index (χ3v) is 4.03. The van der Waals surface area contributed by atoms with Crippen LogP contribution in [0.5, 0.6) is 0 Å². The molecule has 2 rings (SSSR count). The summed E-state index contributed by atoms with van der Waals surface area (Å²) in [6.45, 7) is 12.2. The van der Waals surface area contributed by atoms with Crippen LogP contribution in [0.1, 0.15) is 6.92 Å². The Morgan fingerprint density at radius 2 is 2.09 bits per heavy atom. The minimum Gasteiger partial charge on any atom is -0.370 e. The molecule has 0 bridgehead atoms. The van der Waals surface area contributed by atoms with E-state index in [1.165, 1.54) is 5.69 Å². The molecule has 5 nitrogen and oxygen atoms in total. The van der Waals surface area contributed by atoms with E-state index in [1.807, 2.05) is 25.1 Å². The summed E-state index contributed by atoms with van der Waals surface area (Å²) in [7, 11) is 0. The molecule has 1 fully saturated rings. The van der Waals surface area contributed by atoms with Crippen LogP contribution in [-0.2, 0) is 0 Å². The highest BCUT2D eigenvalue weighted by Crippen LogP contribution is 2.20. The average Bonchev–Trinajstić information content (AvgIpc) is 2.53. The number of nitrogens with zero attached hydrogens (tertiary/aromatic N) is 3. The van der Waals surface area contributed by atoms with Gasteiger partial charge in [-0.05, 0) is 25.1 Å². The topological polar surface area (TPSA) is 56.9 Å². The number of aliphatic imine (C=N–C) groups is 1. The summed E-state index contributed by atoms with van der Waals surface area (Å²) in [5, 5.41) is 3.94. The lowest BCUT2D eigenvalue weighted by Crippen LogP contribution is -2.49. The van der Waals surface area contributed by atoms with Gasteiger partial charge in [0.2, 0.25) is 0 Å². The highest BCUT2D eigenvalue weighted by molar-refractivity contribution is 6.30. The largest absolute Gasteiger partial charge is 0.370 e. The van der Waals surface area contributed by atoms with Gasteiger partial charge in [0, 0.05) is 50.0 Å². The number of benzene rings is 1. The monoisotopic (exact) mass is 335 g/mol. The Hall–Kier alpha value is -1.72. The number of hydrogen-bond acceptors (Lipinski definition) is 3. The molecule has 126 valence electrons. The Kier molecular flexibility index (Phi) is 6.74. The van der Waals surface area contributed by atoms with E-state index in [9.17, 15) is 0 Å². The van der Waals surface area contributed by atoms with E-state index in [2.05, 4.69) is 32.8 Å². The van der Waals surface area contributed by atoms with Crippen LogP contribution in [0, 0.1) is 0 Å². The van der Waals surface area contributed by atoms with Crippen molar-refractivity contribution in [1.82, 2.24) is 10.2 Å². The number of piperazine rings is 1. The maximum Gasteiger partial charge on any atom is 0.188 e. The fourth-order valence-electron chi connectivity index (χ4n) is 2.52. The van der Waals surface area contributed by atoms with Crippen LogP contribution in [0.15, 0.2) is 41.4 Å². The van der Waals surface area contributed by atoms with E-state index in [0.717, 1.165) is 49.9 Å². The summed E-state index contributed by atoms with van der Waals surface area (Å²) in [6, 6.07) is 8.05. The first-order valence-electron chi connectivity index (χ1n) is 7.95. The summed E-state index contributed by atoms with van der Waals surface area (Å²) in [5.41, 5.74) is 8.02. The third-order valence-electron chi connectivity index (χ3n) is 3.80. The van der Waals surface area contributed by atoms with Crippen molar-refractivity contribution >= 4 is 23.2 Å². The minimum atomic E-state index is 0.491. The zero-order valence-corrected chi connectivity index (χ0v) is 14.5. The van der Waals surface area contributed by atoms with Crippen molar-refractivity contribution in [2.45, 2.75) is 6.92 Å². The molecule has 0 atom stereocenters. The number of nitrogens with two attached hydrogens (primary N) is 1. The Morgan fingerprint density at radius 3 is 2.74 bits per heavy atom. The van der Waals surface area contributed by atoms with Gasteiger partial charge in [-0.3, -0.25) is 4.90 Å². The van der Waals surface area contributed by atoms with Crippen molar-refractivity contribution in [3.63, 3.8) is 0 Å². The second kappa shape index (κ2) is 8.79. The Labute approximate surface area is 143 Å². The zero-order chi connectivity index (χ0) is 16.7. The third kappa shape index (κ3) is 6.12. The van der Waals surface area contributed by atoms with Crippen LogP contribution in [0.3, 0.4) is 0 Å². The molecule has 23 heavy (non-hydrogen) atoms. The van der Waals surface area contributed by atoms with Gasteiger partial charge in [0.15, 0.2) is 5.96 Å². The predicted octanol–water partition coefficient (Wildman–Crippen LogP) is 1.94. The normalized spacial score (nSPS) is 16.4. The fourth-order valence-corrected chi connectivity index (χ4v) is 2.71. The van der Waals surface area contributed by atoms with Gasteiger partial charge in [0.1, 0.15) is 0 Å². The van der Waals surface area contributed by atoms with E-state index in [-0.39, 0.29) is 0 Å². The maximum atomic E-state index is 6.06. The molecule has 0 amide bonds. The minimum absolute atomic E-state index is 0.491. The summed E-state index contributed by atoms with van der Waals surface area (Å²) in [6.07, 6.45) is 0. The molecule has 3 N–H and O–H groups in total. The molecule has 0 aromatic heterocycles. The summed E-state index contributed by atoms with van der Waals surface area (Å²) < 4.78 is 0. The first-order chi connectivity index (χ1) is 11.0. The van der Waals surface area contributed by atoms with E-state index in [4.69, 9.17) is 17.3 Å². The van der Waals surface area contributed by atoms with Crippen molar-refractivity contribution in [2.24, 2.45) is 10.7 Å². The lowest BCUT2D eigenvalue weighted by molar-refractivity contribution is 0.262. The van der Waals surface area contributed by atoms with Gasteiger partial charge in [-0.2, -0.15) is 0 Å². The Balaban J connectivity index is 1.69. The molecule has 0 unspecified atom stereocenters. The molecular formula is C17H26ClN5. The van der Waals surface area contributed by atoms with Crippen LogP contribution < -0.4 is 16.0 Å². The van der Waals surface area contributed by atoms with Crippen LogP contribution in [0.4, 0.5) is 5.69 Å². The summed E-state index contributed by atoms with van der Waals surface area (Å²) in [5.74, 6) is 0.491. The molecule has 0 aliphatic carbocycles. The standard InChI is InChI=1S/C17H26ClN5/c1-14(2)13-21-17(19)20-6-7-22-8-10-23(11-9-22)16-5-3-4-15(18)12-16/h3-5,12H,1,6-11,13H2,2H3,(H3,19,20,21). The molecule has 0 spiro atoms. The van der Waals surface area contributed by atoms with Crippen molar-refractivity contribution < 1.29 is 0 Å². The number of rotatable bonds is 6. The van der Waals surface area contributed by atoms with Crippen molar-refractivity contribution in [3.05, 3.63) is 41.4 Å². The molecule has 1 aliphatic rings. The van der Waals surface area contributed by atoms with Crippen LogP contribution in [0.25, 0.3) is 0 Å². The molecule has 1 aromatic rings. The second-order valence-corrected chi connectivity index (χ2v) is 6.33. The van der Waals surface area contributed by atoms with Crippen molar-refractivity contribution in [2.75, 3.05) is 50.7 Å². The fraction of sp³-hybridized carbons (Fsp3) is 0.471.